The molecular formula is C21H22N4. The number of benzene rings is 2. The van der Waals surface area contributed by atoms with Gasteiger partial charge in [-0.2, -0.15) is 0 Å². The third-order valence-electron chi connectivity index (χ3n) is 4.43. The van der Waals surface area contributed by atoms with E-state index in [1.807, 2.05) is 18.3 Å². The van der Waals surface area contributed by atoms with Gasteiger partial charge in [-0.15, -0.1) is 0 Å². The van der Waals surface area contributed by atoms with E-state index in [1.165, 1.54) is 11.1 Å². The summed E-state index contributed by atoms with van der Waals surface area (Å²) >= 11 is 0. The molecule has 4 aromatic rings. The quantitative estimate of drug-likeness (QED) is 0.577. The van der Waals surface area contributed by atoms with Crippen molar-refractivity contribution in [1.29, 1.82) is 0 Å². The maximum absolute atomic E-state index is 4.81. The monoisotopic (exact) mass is 330 g/mol. The number of para-hydroxylation sites is 2. The average molecular weight is 330 g/mol. The van der Waals surface area contributed by atoms with Gasteiger partial charge >= 0.3 is 0 Å². The zero-order chi connectivity index (χ0) is 17.4. The van der Waals surface area contributed by atoms with Crippen LogP contribution in [0, 0.1) is 12.8 Å². The van der Waals surface area contributed by atoms with Crippen LogP contribution in [-0.2, 0) is 0 Å². The second-order valence-electron chi connectivity index (χ2n) is 6.84. The summed E-state index contributed by atoms with van der Waals surface area (Å²) in [5.74, 6) is 1.38. The molecule has 126 valence electrons. The molecule has 2 aromatic carbocycles. The van der Waals surface area contributed by atoms with Crippen LogP contribution in [0.4, 0.5) is 5.82 Å². The normalized spacial score (nSPS) is 11.5. The number of nitrogens with zero attached hydrogens (tertiary/aromatic N) is 3. The fourth-order valence-corrected chi connectivity index (χ4v) is 3.15. The predicted molar refractivity (Wildman–Crippen MR) is 104 cm³/mol. The molecule has 4 heteroatoms. The lowest BCUT2D eigenvalue weighted by Crippen LogP contribution is -2.11. The van der Waals surface area contributed by atoms with Crippen LogP contribution in [0.2, 0.25) is 0 Å². The van der Waals surface area contributed by atoms with Crippen molar-refractivity contribution in [1.82, 2.24) is 14.4 Å². The molecule has 4 rings (SSSR count). The third-order valence-corrected chi connectivity index (χ3v) is 4.43. The predicted octanol–water partition coefficient (Wildman–Crippen LogP) is 4.93. The first kappa shape index (κ1) is 15.6. The lowest BCUT2D eigenvalue weighted by Gasteiger charge is -2.13. The van der Waals surface area contributed by atoms with Gasteiger partial charge in [-0.3, -0.25) is 4.40 Å². The van der Waals surface area contributed by atoms with E-state index >= 15 is 0 Å². The highest BCUT2D eigenvalue weighted by molar-refractivity contribution is 5.86. The third kappa shape index (κ3) is 2.74. The Bertz CT molecular complexity index is 1050. The van der Waals surface area contributed by atoms with Crippen LogP contribution in [0.25, 0.3) is 27.9 Å². The second-order valence-corrected chi connectivity index (χ2v) is 6.84. The second kappa shape index (κ2) is 6.20. The van der Waals surface area contributed by atoms with Crippen LogP contribution in [0.1, 0.15) is 19.4 Å². The smallest absolute Gasteiger partial charge is 0.181 e. The molecule has 0 saturated heterocycles. The minimum atomic E-state index is 0.541. The molecule has 0 aliphatic carbocycles. The number of nitrogens with one attached hydrogen (secondary N) is 1. The molecule has 0 atom stereocenters. The number of anilines is 1. The fraction of sp³-hybridized carbons (Fsp3) is 0.238. The Hall–Kier alpha value is -2.88. The van der Waals surface area contributed by atoms with Gasteiger partial charge in [0.2, 0.25) is 0 Å². The molecule has 0 aliphatic heterocycles. The molecule has 0 unspecified atom stereocenters. The molecule has 0 amide bonds. The number of hydrogen-bond acceptors (Lipinski definition) is 3. The Morgan fingerprint density at radius 2 is 1.80 bits per heavy atom. The van der Waals surface area contributed by atoms with Crippen LogP contribution < -0.4 is 5.32 Å². The van der Waals surface area contributed by atoms with Gasteiger partial charge in [-0.05, 0) is 30.5 Å². The molecule has 0 radical (unpaired) electrons. The molecule has 0 fully saturated rings. The minimum Gasteiger partial charge on any atom is -0.367 e. The first-order valence-corrected chi connectivity index (χ1v) is 8.71. The number of rotatable bonds is 4. The largest absolute Gasteiger partial charge is 0.367 e. The van der Waals surface area contributed by atoms with Crippen molar-refractivity contribution in [3.63, 3.8) is 0 Å². The number of aryl methyl sites for hydroxylation is 1. The number of hydrogen-bond donors (Lipinski definition) is 1. The molecule has 4 nitrogen and oxygen atoms in total. The number of aromatic nitrogens is 3. The van der Waals surface area contributed by atoms with Gasteiger partial charge in [-0.25, -0.2) is 9.97 Å². The molecule has 2 heterocycles. The van der Waals surface area contributed by atoms with Crippen molar-refractivity contribution < 1.29 is 0 Å². The van der Waals surface area contributed by atoms with Crippen molar-refractivity contribution in [2.75, 3.05) is 11.9 Å². The molecule has 0 saturated carbocycles. The molecular weight excluding hydrogens is 308 g/mol. The van der Waals surface area contributed by atoms with Crippen molar-refractivity contribution in [3.05, 3.63) is 60.3 Å². The zero-order valence-corrected chi connectivity index (χ0v) is 14.8. The number of imidazole rings is 1. The summed E-state index contributed by atoms with van der Waals surface area (Å²) in [6.07, 6.45) is 1.95. The summed E-state index contributed by atoms with van der Waals surface area (Å²) < 4.78 is 2.22. The summed E-state index contributed by atoms with van der Waals surface area (Å²) in [4.78, 5) is 9.51. The molecule has 1 N–H and O–H groups in total. The van der Waals surface area contributed by atoms with Crippen molar-refractivity contribution in [2.45, 2.75) is 20.8 Å². The van der Waals surface area contributed by atoms with E-state index in [0.717, 1.165) is 34.7 Å². The summed E-state index contributed by atoms with van der Waals surface area (Å²) in [6, 6.07) is 16.7. The van der Waals surface area contributed by atoms with Gasteiger partial charge < -0.3 is 5.32 Å². The van der Waals surface area contributed by atoms with Crippen LogP contribution in [-0.4, -0.2) is 20.9 Å². The van der Waals surface area contributed by atoms with Crippen molar-refractivity contribution in [3.8, 4) is 11.3 Å². The van der Waals surface area contributed by atoms with E-state index in [-0.39, 0.29) is 0 Å². The topological polar surface area (TPSA) is 42.2 Å². The molecule has 2 aromatic heterocycles. The Labute approximate surface area is 147 Å². The highest BCUT2D eigenvalue weighted by Crippen LogP contribution is 2.30. The molecule has 0 spiro atoms. The molecule has 25 heavy (non-hydrogen) atoms. The van der Waals surface area contributed by atoms with Crippen LogP contribution in [0.3, 0.4) is 0 Å². The summed E-state index contributed by atoms with van der Waals surface area (Å²) in [7, 11) is 0. The van der Waals surface area contributed by atoms with Crippen LogP contribution >= 0.6 is 0 Å². The highest BCUT2D eigenvalue weighted by Gasteiger charge is 2.15. The summed E-state index contributed by atoms with van der Waals surface area (Å²) in [6.45, 7) is 7.38. The van der Waals surface area contributed by atoms with Gasteiger partial charge in [0, 0.05) is 12.1 Å². The zero-order valence-electron chi connectivity index (χ0n) is 14.8. The van der Waals surface area contributed by atoms with Gasteiger partial charge in [-0.1, -0.05) is 50.2 Å². The van der Waals surface area contributed by atoms with Gasteiger partial charge in [0.1, 0.15) is 0 Å². The Morgan fingerprint density at radius 3 is 2.60 bits per heavy atom. The van der Waals surface area contributed by atoms with E-state index in [0.29, 0.717) is 5.92 Å². The Balaban J connectivity index is 2.02. The van der Waals surface area contributed by atoms with Gasteiger partial charge in [0.15, 0.2) is 11.5 Å². The maximum atomic E-state index is 4.81. The van der Waals surface area contributed by atoms with E-state index in [4.69, 9.17) is 9.97 Å². The fourth-order valence-electron chi connectivity index (χ4n) is 3.15. The van der Waals surface area contributed by atoms with Gasteiger partial charge in [0.05, 0.1) is 22.9 Å². The Morgan fingerprint density at radius 1 is 1.04 bits per heavy atom. The van der Waals surface area contributed by atoms with Crippen LogP contribution in [0.5, 0.6) is 0 Å². The van der Waals surface area contributed by atoms with E-state index < -0.39 is 0 Å². The van der Waals surface area contributed by atoms with Crippen molar-refractivity contribution in [2.24, 2.45) is 5.92 Å². The van der Waals surface area contributed by atoms with E-state index in [2.05, 4.69) is 66.9 Å². The van der Waals surface area contributed by atoms with Crippen molar-refractivity contribution >= 4 is 22.5 Å². The first-order valence-electron chi connectivity index (χ1n) is 8.71. The minimum absolute atomic E-state index is 0.541. The van der Waals surface area contributed by atoms with Crippen LogP contribution in [0.15, 0.2) is 54.7 Å². The molecule has 0 bridgehead atoms. The van der Waals surface area contributed by atoms with E-state index in [1.54, 1.807) is 0 Å². The number of fused-ring (bicyclic) bond motifs is 3. The highest BCUT2D eigenvalue weighted by atomic mass is 15.1. The lowest BCUT2D eigenvalue weighted by molar-refractivity contribution is 0.687. The summed E-state index contributed by atoms with van der Waals surface area (Å²) in [5.41, 5.74) is 6.44. The first-order chi connectivity index (χ1) is 12.1. The standard InChI is InChI=1S/C21H22N4/c1-14(2)12-22-20-21-23-13-19(16-9-5-4-8-15(16)3)25(21)18-11-7-6-10-17(18)24-20/h4-11,13-14H,12H2,1-3H3,(H,22,24). The molecule has 0 aliphatic rings. The lowest BCUT2D eigenvalue weighted by atomic mass is 10.1. The maximum Gasteiger partial charge on any atom is 0.181 e. The van der Waals surface area contributed by atoms with E-state index in [9.17, 15) is 0 Å². The SMILES string of the molecule is Cc1ccccc1-c1cnc2c(NCC(C)C)nc3ccccc3n12. The summed E-state index contributed by atoms with van der Waals surface area (Å²) in [5, 5.41) is 3.46. The average Bonchev–Trinajstić information content (AvgIpc) is 3.05. The Kier molecular flexibility index (Phi) is 3.88. The van der Waals surface area contributed by atoms with Gasteiger partial charge in [0.25, 0.3) is 0 Å².